The number of hydrogen-bond acceptors (Lipinski definition) is 3. The Balaban J connectivity index is 1.66. The van der Waals surface area contributed by atoms with Crippen LogP contribution in [0.15, 0.2) is 12.1 Å². The highest BCUT2D eigenvalue weighted by atomic mass is 28.4. The third kappa shape index (κ3) is 3.79. The molecule has 5 atom stereocenters. The number of nitrogens with two attached hydrogens (primary N) is 1. The second-order valence-corrected chi connectivity index (χ2v) is 21.2. The van der Waals surface area contributed by atoms with Crippen LogP contribution in [0.25, 0.3) is 0 Å². The maximum Gasteiger partial charge on any atom is 0.242 e. The van der Waals surface area contributed by atoms with Gasteiger partial charge in [-0.3, -0.25) is 0 Å². The Hall–Kier alpha value is -1.23. The quantitative estimate of drug-likeness (QED) is 0.317. The van der Waals surface area contributed by atoms with E-state index in [-0.39, 0.29) is 11.0 Å². The molecule has 1 aromatic rings. The van der Waals surface area contributed by atoms with Crippen molar-refractivity contribution in [2.45, 2.75) is 96.2 Å². The second kappa shape index (κ2) is 7.40. The van der Waals surface area contributed by atoms with Gasteiger partial charge in [-0.15, -0.1) is 6.42 Å². The Morgan fingerprint density at radius 3 is 2.35 bits per heavy atom. The van der Waals surface area contributed by atoms with Crippen molar-refractivity contribution in [1.82, 2.24) is 0 Å². The summed E-state index contributed by atoms with van der Waals surface area (Å²) in [5, 5.41) is 0. The van der Waals surface area contributed by atoms with E-state index in [0.717, 1.165) is 30.7 Å². The molecule has 0 bridgehead atoms. The highest BCUT2D eigenvalue weighted by Gasteiger charge is 2.63. The van der Waals surface area contributed by atoms with Crippen molar-refractivity contribution in [2.24, 2.45) is 17.3 Å². The fourth-order valence-electron chi connectivity index (χ4n) is 7.05. The van der Waals surface area contributed by atoms with E-state index in [2.05, 4.69) is 64.3 Å². The normalized spacial score (nSPS) is 35.0. The van der Waals surface area contributed by atoms with Crippen molar-refractivity contribution in [1.29, 1.82) is 0 Å². The van der Waals surface area contributed by atoms with Crippen LogP contribution in [-0.4, -0.2) is 22.2 Å². The van der Waals surface area contributed by atoms with Crippen LogP contribution in [-0.2, 0) is 10.8 Å². The van der Waals surface area contributed by atoms with Crippen LogP contribution >= 0.6 is 0 Å². The number of fused-ring (bicyclic) bond motifs is 5. The smallest absolute Gasteiger partial charge is 0.242 e. The third-order valence-electron chi connectivity index (χ3n) is 8.17. The van der Waals surface area contributed by atoms with Crippen molar-refractivity contribution in [3.63, 3.8) is 0 Å². The average Bonchev–Trinajstić information content (AvgIpc) is 2.94. The minimum atomic E-state index is -1.74. The van der Waals surface area contributed by atoms with E-state index in [0.29, 0.717) is 17.8 Å². The Morgan fingerprint density at radius 1 is 1.03 bits per heavy atom. The summed E-state index contributed by atoms with van der Waals surface area (Å²) in [6.07, 6.45) is 13.0. The number of anilines is 1. The molecule has 0 aliphatic heterocycles. The first-order valence-corrected chi connectivity index (χ1v) is 18.9. The first kappa shape index (κ1) is 22.9. The average molecular weight is 456 g/mol. The van der Waals surface area contributed by atoms with Gasteiger partial charge in [0.15, 0.2) is 8.32 Å². The maximum absolute atomic E-state index is 6.81. The minimum absolute atomic E-state index is 0.0765. The molecule has 0 aromatic heterocycles. The summed E-state index contributed by atoms with van der Waals surface area (Å²) < 4.78 is 13.1. The van der Waals surface area contributed by atoms with Crippen LogP contribution in [0.4, 0.5) is 5.69 Å². The third-order valence-corrected chi connectivity index (χ3v) is 9.96. The summed E-state index contributed by atoms with van der Waals surface area (Å²) in [6, 6.07) is 4.46. The Kier molecular flexibility index (Phi) is 5.48. The van der Waals surface area contributed by atoms with Gasteiger partial charge in [-0.25, -0.2) is 0 Å². The molecule has 0 spiro atoms. The van der Waals surface area contributed by atoms with Crippen LogP contribution in [0.1, 0.15) is 56.1 Å². The van der Waals surface area contributed by atoms with E-state index in [9.17, 15) is 0 Å². The van der Waals surface area contributed by atoms with Gasteiger partial charge >= 0.3 is 0 Å². The van der Waals surface area contributed by atoms with Crippen LogP contribution in [0, 0.1) is 29.6 Å². The fourth-order valence-corrected chi connectivity index (χ4v) is 9.32. The minimum Gasteiger partial charge on any atom is -0.543 e. The molecule has 0 saturated heterocycles. The maximum atomic E-state index is 6.81. The van der Waals surface area contributed by atoms with Crippen molar-refractivity contribution < 1.29 is 8.85 Å². The fraction of sp³-hybridized carbons (Fsp3) is 0.692. The lowest BCUT2D eigenvalue weighted by Gasteiger charge is -2.54. The van der Waals surface area contributed by atoms with Gasteiger partial charge in [-0.05, 0) is 113 Å². The summed E-state index contributed by atoms with van der Waals surface area (Å²) in [4.78, 5) is 0. The van der Waals surface area contributed by atoms with Gasteiger partial charge < -0.3 is 14.6 Å². The van der Waals surface area contributed by atoms with E-state index >= 15 is 0 Å². The van der Waals surface area contributed by atoms with E-state index in [1.807, 2.05) is 0 Å². The van der Waals surface area contributed by atoms with Gasteiger partial charge in [-0.1, -0.05) is 18.9 Å². The molecule has 2 saturated carbocycles. The number of benzene rings is 1. The lowest BCUT2D eigenvalue weighted by Crippen LogP contribution is -2.54. The molecule has 1 aromatic carbocycles. The summed E-state index contributed by atoms with van der Waals surface area (Å²) >= 11 is 0. The van der Waals surface area contributed by atoms with E-state index in [1.165, 1.54) is 30.4 Å². The van der Waals surface area contributed by atoms with Crippen LogP contribution < -0.4 is 10.2 Å². The van der Waals surface area contributed by atoms with Crippen molar-refractivity contribution >= 4 is 22.3 Å². The molecule has 4 rings (SSSR count). The summed E-state index contributed by atoms with van der Waals surface area (Å²) in [6.45, 7) is 15.9. The molecule has 3 nitrogen and oxygen atoms in total. The molecule has 3 aliphatic rings. The Bertz CT molecular complexity index is 910. The number of nitrogen functional groups attached to an aromatic ring is 1. The number of rotatable bonds is 4. The Morgan fingerprint density at radius 2 is 1.74 bits per heavy atom. The molecule has 0 amide bonds. The molecule has 2 fully saturated rings. The monoisotopic (exact) mass is 455 g/mol. The summed E-state index contributed by atoms with van der Waals surface area (Å²) in [5.41, 5.74) is 10.1. The van der Waals surface area contributed by atoms with Gasteiger partial charge in [0.2, 0.25) is 8.32 Å². The summed E-state index contributed by atoms with van der Waals surface area (Å²) in [7, 11) is -3.43. The molecule has 5 unspecified atom stereocenters. The highest BCUT2D eigenvalue weighted by molar-refractivity contribution is 6.70. The van der Waals surface area contributed by atoms with Crippen LogP contribution in [0.2, 0.25) is 39.3 Å². The molecule has 0 heterocycles. The number of hydrogen-bond donors (Lipinski definition) is 1. The summed E-state index contributed by atoms with van der Waals surface area (Å²) in [5.74, 6) is 6.00. The van der Waals surface area contributed by atoms with E-state index in [4.69, 9.17) is 21.0 Å². The van der Waals surface area contributed by atoms with Crippen molar-refractivity contribution in [3.05, 3.63) is 23.3 Å². The molecule has 170 valence electrons. The second-order valence-electron chi connectivity index (χ2n) is 12.4. The standard InChI is InChI=1S/C26H41NO2Si2/c1-9-26(29-31(6,7)8)17-15-22-20-10-11-21-18(19(20)14-16-25(22,26)2)12-13-23(24(21)27)28-30(3,4)5/h1,12-13,19-20,22H,10-11,14-17,27H2,2-8H3. The first-order valence-electron chi connectivity index (χ1n) is 12.1. The zero-order valence-electron chi connectivity index (χ0n) is 20.6. The zero-order valence-corrected chi connectivity index (χ0v) is 22.6. The molecule has 2 N–H and O–H groups in total. The van der Waals surface area contributed by atoms with Crippen LogP contribution in [0.3, 0.4) is 0 Å². The predicted octanol–water partition coefficient (Wildman–Crippen LogP) is 6.56. The molecular weight excluding hydrogens is 414 g/mol. The highest BCUT2D eigenvalue weighted by Crippen LogP contribution is 2.65. The van der Waals surface area contributed by atoms with Gasteiger partial charge in [0.1, 0.15) is 11.4 Å². The Labute approximate surface area is 191 Å². The molecular formula is C26H41NO2Si2. The zero-order chi connectivity index (χ0) is 22.8. The van der Waals surface area contributed by atoms with E-state index in [1.54, 1.807) is 0 Å². The topological polar surface area (TPSA) is 44.5 Å². The lowest BCUT2D eigenvalue weighted by molar-refractivity contribution is -0.0537. The van der Waals surface area contributed by atoms with Gasteiger partial charge in [-0.2, -0.15) is 0 Å². The van der Waals surface area contributed by atoms with Crippen LogP contribution in [0.5, 0.6) is 5.75 Å². The first-order chi connectivity index (χ1) is 14.3. The van der Waals surface area contributed by atoms with Crippen molar-refractivity contribution in [3.8, 4) is 18.1 Å². The lowest BCUT2D eigenvalue weighted by atomic mass is 9.53. The van der Waals surface area contributed by atoms with Crippen molar-refractivity contribution in [2.75, 3.05) is 5.73 Å². The largest absolute Gasteiger partial charge is 0.543 e. The SMILES string of the molecule is C#CC1(O[Si](C)(C)C)CCC2C3CCc4c(ccc(O[Si](C)(C)C)c4N)C3CCC21C. The number of terminal acetylenes is 1. The molecule has 3 aliphatic carbocycles. The van der Waals surface area contributed by atoms with Gasteiger partial charge in [0.05, 0.1) is 5.69 Å². The molecule has 5 heteroatoms. The van der Waals surface area contributed by atoms with Gasteiger partial charge in [0, 0.05) is 5.41 Å². The van der Waals surface area contributed by atoms with E-state index < -0.39 is 16.6 Å². The predicted molar refractivity (Wildman–Crippen MR) is 135 cm³/mol. The van der Waals surface area contributed by atoms with Gasteiger partial charge in [0.25, 0.3) is 0 Å². The molecule has 0 radical (unpaired) electrons. The molecule has 31 heavy (non-hydrogen) atoms.